The highest BCUT2D eigenvalue weighted by Gasteiger charge is 2.36. The Morgan fingerprint density at radius 1 is 1.38 bits per heavy atom. The van der Waals surface area contributed by atoms with Crippen molar-refractivity contribution < 1.29 is 8.42 Å². The van der Waals surface area contributed by atoms with E-state index in [0.29, 0.717) is 15.9 Å². The van der Waals surface area contributed by atoms with Crippen LogP contribution >= 0.6 is 28.3 Å². The SMILES string of the molecule is Cc1cccc(S(=O)(=O)N2CCCCC2C(C)N)c1Br.Cl. The molecular formula is C14H22BrClN2O2S. The molecule has 2 N–H and O–H groups in total. The lowest BCUT2D eigenvalue weighted by Gasteiger charge is -2.37. The van der Waals surface area contributed by atoms with Crippen LogP contribution in [0.25, 0.3) is 0 Å². The molecule has 0 aromatic heterocycles. The van der Waals surface area contributed by atoms with E-state index in [1.807, 2.05) is 19.9 Å². The van der Waals surface area contributed by atoms with Crippen LogP contribution < -0.4 is 5.73 Å². The molecule has 2 rings (SSSR count). The lowest BCUT2D eigenvalue weighted by molar-refractivity contribution is 0.227. The summed E-state index contributed by atoms with van der Waals surface area (Å²) in [5.74, 6) is 0. The minimum absolute atomic E-state index is 0. The molecule has 0 radical (unpaired) electrons. The van der Waals surface area contributed by atoms with Crippen LogP contribution in [0.1, 0.15) is 31.7 Å². The van der Waals surface area contributed by atoms with Gasteiger partial charge in [0.05, 0.1) is 4.90 Å². The molecule has 0 amide bonds. The van der Waals surface area contributed by atoms with E-state index in [1.165, 1.54) is 0 Å². The molecule has 1 heterocycles. The van der Waals surface area contributed by atoms with Gasteiger partial charge in [0.1, 0.15) is 0 Å². The van der Waals surface area contributed by atoms with Crippen LogP contribution in [0.2, 0.25) is 0 Å². The van der Waals surface area contributed by atoms with Gasteiger partial charge in [-0.3, -0.25) is 0 Å². The molecule has 2 atom stereocenters. The summed E-state index contributed by atoms with van der Waals surface area (Å²) in [5, 5.41) is 0. The molecule has 1 aromatic rings. The van der Waals surface area contributed by atoms with Crippen molar-refractivity contribution in [1.82, 2.24) is 4.31 Å². The minimum atomic E-state index is -3.50. The third-order valence-electron chi connectivity index (χ3n) is 3.85. The molecule has 1 aliphatic heterocycles. The predicted molar refractivity (Wildman–Crippen MR) is 91.3 cm³/mol. The summed E-state index contributed by atoms with van der Waals surface area (Å²) >= 11 is 3.40. The standard InChI is InChI=1S/C14H21BrN2O2S.ClH/c1-10-6-5-8-13(14(10)15)20(18,19)17-9-4-3-7-12(17)11(2)16;/h5-6,8,11-12H,3-4,7,9,16H2,1-2H3;1H. The molecule has 0 spiro atoms. The summed E-state index contributed by atoms with van der Waals surface area (Å²) in [6, 6.07) is 5.05. The zero-order valence-corrected chi connectivity index (χ0v) is 15.5. The third-order valence-corrected chi connectivity index (χ3v) is 7.13. The van der Waals surface area contributed by atoms with E-state index in [1.54, 1.807) is 16.4 Å². The summed E-state index contributed by atoms with van der Waals surface area (Å²) < 4.78 is 28.1. The Kier molecular flexibility index (Phi) is 6.68. The fourth-order valence-corrected chi connectivity index (χ4v) is 5.49. The third kappa shape index (κ3) is 3.79. The molecule has 21 heavy (non-hydrogen) atoms. The summed E-state index contributed by atoms with van der Waals surface area (Å²) in [4.78, 5) is 0.338. The average molecular weight is 398 g/mol. The second kappa shape index (κ2) is 7.42. The maximum absolute atomic E-state index is 12.9. The number of hydrogen-bond donors (Lipinski definition) is 1. The van der Waals surface area contributed by atoms with Crippen molar-refractivity contribution in [3.8, 4) is 0 Å². The van der Waals surface area contributed by atoms with E-state index < -0.39 is 10.0 Å². The molecule has 0 saturated carbocycles. The Morgan fingerprint density at radius 2 is 2.05 bits per heavy atom. The van der Waals surface area contributed by atoms with Crippen LogP contribution in [0.3, 0.4) is 0 Å². The highest BCUT2D eigenvalue weighted by Crippen LogP contribution is 2.32. The molecule has 1 fully saturated rings. The number of nitrogens with two attached hydrogens (primary N) is 1. The minimum Gasteiger partial charge on any atom is -0.326 e. The molecule has 0 bridgehead atoms. The topological polar surface area (TPSA) is 63.4 Å². The van der Waals surface area contributed by atoms with E-state index in [2.05, 4.69) is 15.9 Å². The Balaban J connectivity index is 0.00000220. The van der Waals surface area contributed by atoms with Gasteiger partial charge in [-0.1, -0.05) is 18.6 Å². The molecule has 120 valence electrons. The quantitative estimate of drug-likeness (QED) is 0.852. The van der Waals surface area contributed by atoms with Gasteiger partial charge in [-0.15, -0.1) is 12.4 Å². The van der Waals surface area contributed by atoms with Gasteiger partial charge in [-0.05, 0) is 54.2 Å². The van der Waals surface area contributed by atoms with Crippen molar-refractivity contribution in [3.63, 3.8) is 0 Å². The summed E-state index contributed by atoms with van der Waals surface area (Å²) in [5.41, 5.74) is 6.90. The van der Waals surface area contributed by atoms with Gasteiger partial charge in [0.25, 0.3) is 0 Å². The van der Waals surface area contributed by atoms with Crippen LogP contribution in [0.5, 0.6) is 0 Å². The molecule has 0 aliphatic carbocycles. The largest absolute Gasteiger partial charge is 0.326 e. The van der Waals surface area contributed by atoms with Crippen LogP contribution in [0.15, 0.2) is 27.6 Å². The van der Waals surface area contributed by atoms with Crippen LogP contribution in [0, 0.1) is 6.92 Å². The van der Waals surface area contributed by atoms with Gasteiger partial charge in [0.2, 0.25) is 10.0 Å². The Hall–Kier alpha value is -0.140. The van der Waals surface area contributed by atoms with Crippen LogP contribution in [-0.2, 0) is 10.0 Å². The number of aryl methyl sites for hydroxylation is 1. The maximum atomic E-state index is 12.9. The number of nitrogens with zero attached hydrogens (tertiary/aromatic N) is 1. The number of hydrogen-bond acceptors (Lipinski definition) is 3. The fraction of sp³-hybridized carbons (Fsp3) is 0.571. The number of rotatable bonds is 3. The number of piperidine rings is 1. The zero-order valence-electron chi connectivity index (χ0n) is 12.3. The summed E-state index contributed by atoms with van der Waals surface area (Å²) in [6.45, 7) is 4.32. The first-order valence-corrected chi connectivity index (χ1v) is 9.11. The van der Waals surface area contributed by atoms with E-state index in [0.717, 1.165) is 24.8 Å². The van der Waals surface area contributed by atoms with Gasteiger partial charge in [-0.2, -0.15) is 4.31 Å². The maximum Gasteiger partial charge on any atom is 0.244 e. The number of halogens is 2. The molecule has 1 aliphatic rings. The normalized spacial score (nSPS) is 21.6. The van der Waals surface area contributed by atoms with Crippen molar-refractivity contribution in [3.05, 3.63) is 28.2 Å². The van der Waals surface area contributed by atoms with E-state index in [4.69, 9.17) is 5.73 Å². The first kappa shape index (κ1) is 18.9. The highest BCUT2D eigenvalue weighted by molar-refractivity contribution is 9.10. The lowest BCUT2D eigenvalue weighted by Crippen LogP contribution is -2.51. The van der Waals surface area contributed by atoms with Crippen molar-refractivity contribution in [2.75, 3.05) is 6.54 Å². The van der Waals surface area contributed by atoms with Gasteiger partial charge < -0.3 is 5.73 Å². The predicted octanol–water partition coefficient (Wildman–Crippen LogP) is 3.07. The van der Waals surface area contributed by atoms with Gasteiger partial charge in [0.15, 0.2) is 0 Å². The molecule has 1 aromatic carbocycles. The summed E-state index contributed by atoms with van der Waals surface area (Å²) in [7, 11) is -3.50. The van der Waals surface area contributed by atoms with E-state index in [-0.39, 0.29) is 24.5 Å². The van der Waals surface area contributed by atoms with Crippen molar-refractivity contribution in [1.29, 1.82) is 0 Å². The monoisotopic (exact) mass is 396 g/mol. The van der Waals surface area contributed by atoms with Crippen LogP contribution in [-0.4, -0.2) is 31.4 Å². The number of sulfonamides is 1. The summed E-state index contributed by atoms with van der Waals surface area (Å²) in [6.07, 6.45) is 2.76. The molecule has 2 unspecified atom stereocenters. The Bertz CT molecular complexity index is 593. The average Bonchev–Trinajstić information content (AvgIpc) is 2.41. The van der Waals surface area contributed by atoms with Crippen molar-refractivity contribution in [2.45, 2.75) is 50.1 Å². The van der Waals surface area contributed by atoms with E-state index in [9.17, 15) is 8.42 Å². The molecule has 4 nitrogen and oxygen atoms in total. The first-order valence-electron chi connectivity index (χ1n) is 6.88. The molecule has 1 saturated heterocycles. The number of benzene rings is 1. The Labute approximate surface area is 141 Å². The smallest absolute Gasteiger partial charge is 0.244 e. The first-order chi connectivity index (χ1) is 9.35. The highest BCUT2D eigenvalue weighted by atomic mass is 79.9. The van der Waals surface area contributed by atoms with Crippen LogP contribution in [0.4, 0.5) is 0 Å². The van der Waals surface area contributed by atoms with Gasteiger partial charge >= 0.3 is 0 Å². The zero-order chi connectivity index (χ0) is 14.9. The molecular weight excluding hydrogens is 376 g/mol. The second-order valence-corrected chi connectivity index (χ2v) is 8.08. The fourth-order valence-electron chi connectivity index (χ4n) is 2.70. The van der Waals surface area contributed by atoms with E-state index >= 15 is 0 Å². The Morgan fingerprint density at radius 3 is 2.67 bits per heavy atom. The van der Waals surface area contributed by atoms with Gasteiger partial charge in [-0.25, -0.2) is 8.42 Å². The van der Waals surface area contributed by atoms with Gasteiger partial charge in [0, 0.05) is 23.1 Å². The van der Waals surface area contributed by atoms with Crippen molar-refractivity contribution in [2.24, 2.45) is 5.73 Å². The lowest BCUT2D eigenvalue weighted by atomic mass is 10.00. The molecule has 7 heteroatoms. The van der Waals surface area contributed by atoms with Crippen molar-refractivity contribution >= 4 is 38.4 Å². The second-order valence-electron chi connectivity index (χ2n) is 5.43.